The summed E-state index contributed by atoms with van der Waals surface area (Å²) in [4.78, 5) is 23.4. The van der Waals surface area contributed by atoms with Crippen LogP contribution >= 0.6 is 0 Å². The van der Waals surface area contributed by atoms with E-state index in [9.17, 15) is 9.18 Å². The lowest BCUT2D eigenvalue weighted by molar-refractivity contribution is 0.102. The number of aryl methyl sites for hydroxylation is 1. The third kappa shape index (κ3) is 4.26. The predicted octanol–water partition coefficient (Wildman–Crippen LogP) is 5.84. The summed E-state index contributed by atoms with van der Waals surface area (Å²) in [5.74, 6) is -0.992. The number of anilines is 1. The van der Waals surface area contributed by atoms with Crippen LogP contribution in [-0.4, -0.2) is 33.9 Å². The van der Waals surface area contributed by atoms with Crippen molar-refractivity contribution in [3.8, 4) is 0 Å². The van der Waals surface area contributed by atoms with Gasteiger partial charge in [0.05, 0.1) is 17.3 Å². The van der Waals surface area contributed by atoms with Crippen molar-refractivity contribution in [1.29, 1.82) is 0 Å². The van der Waals surface area contributed by atoms with Crippen LogP contribution in [-0.2, 0) is 0 Å². The second-order valence-corrected chi connectivity index (χ2v) is 8.61. The van der Waals surface area contributed by atoms with Crippen LogP contribution in [0, 0.1) is 12.7 Å². The van der Waals surface area contributed by atoms with Gasteiger partial charge in [-0.15, -0.1) is 0 Å². The van der Waals surface area contributed by atoms with E-state index in [0.29, 0.717) is 5.69 Å². The molecule has 1 saturated heterocycles. The van der Waals surface area contributed by atoms with Gasteiger partial charge in [0, 0.05) is 34.0 Å². The standard InChI is InChI=1S/C27H27FN4O/c1-18-25(26(24-11-5-6-14-29-24)32-15-7-2-8-16-32)21-17-19(12-13-23(21)30-18)31-27(33)20-9-3-4-10-22(20)28/h3-6,9-14,17,26,30H,2,7-8,15-16H2,1H3,(H,31,33)/t26-/m0/s1. The molecule has 168 valence electrons. The number of rotatable bonds is 5. The third-order valence-corrected chi connectivity index (χ3v) is 6.41. The molecule has 3 heterocycles. The fourth-order valence-corrected chi connectivity index (χ4v) is 4.85. The zero-order valence-corrected chi connectivity index (χ0v) is 18.6. The van der Waals surface area contributed by atoms with Crippen LogP contribution < -0.4 is 5.32 Å². The number of pyridine rings is 1. The van der Waals surface area contributed by atoms with E-state index >= 15 is 0 Å². The Morgan fingerprint density at radius 3 is 2.61 bits per heavy atom. The number of piperidine rings is 1. The molecule has 2 aromatic carbocycles. The number of aromatic nitrogens is 2. The number of carbonyl (C=O) groups excluding carboxylic acids is 1. The van der Waals surface area contributed by atoms with E-state index in [2.05, 4.69) is 28.2 Å². The highest BCUT2D eigenvalue weighted by Gasteiger charge is 2.29. The van der Waals surface area contributed by atoms with Crippen LogP contribution in [0.15, 0.2) is 66.9 Å². The van der Waals surface area contributed by atoms with Gasteiger partial charge in [-0.25, -0.2) is 4.39 Å². The predicted molar refractivity (Wildman–Crippen MR) is 129 cm³/mol. The largest absolute Gasteiger partial charge is 0.358 e. The van der Waals surface area contributed by atoms with Crippen molar-refractivity contribution in [2.75, 3.05) is 18.4 Å². The summed E-state index contributed by atoms with van der Waals surface area (Å²) in [6.45, 7) is 4.14. The Kier molecular flexibility index (Phi) is 5.92. The molecule has 2 aromatic heterocycles. The lowest BCUT2D eigenvalue weighted by Crippen LogP contribution is -2.35. The number of carbonyl (C=O) groups is 1. The fraction of sp³-hybridized carbons (Fsp3) is 0.259. The summed E-state index contributed by atoms with van der Waals surface area (Å²) in [5, 5.41) is 3.91. The molecule has 1 fully saturated rings. The fourth-order valence-electron chi connectivity index (χ4n) is 4.85. The van der Waals surface area contributed by atoms with Crippen LogP contribution in [0.3, 0.4) is 0 Å². The van der Waals surface area contributed by atoms with Gasteiger partial charge in [-0.2, -0.15) is 0 Å². The van der Waals surface area contributed by atoms with Crippen LogP contribution in [0.2, 0.25) is 0 Å². The van der Waals surface area contributed by atoms with Crippen molar-refractivity contribution >= 4 is 22.5 Å². The monoisotopic (exact) mass is 442 g/mol. The van der Waals surface area contributed by atoms with Gasteiger partial charge in [-0.05, 0) is 75.3 Å². The molecular formula is C27H27FN4O. The molecule has 33 heavy (non-hydrogen) atoms. The Balaban J connectivity index is 1.56. The number of H-pyrrole nitrogens is 1. The zero-order chi connectivity index (χ0) is 22.8. The number of likely N-dealkylation sites (tertiary alicyclic amines) is 1. The van der Waals surface area contributed by atoms with Crippen molar-refractivity contribution in [3.63, 3.8) is 0 Å². The smallest absolute Gasteiger partial charge is 0.258 e. The second kappa shape index (κ2) is 9.16. The molecule has 0 spiro atoms. The molecule has 4 aromatic rings. The Morgan fingerprint density at radius 1 is 1.06 bits per heavy atom. The molecule has 1 aliphatic rings. The number of nitrogens with one attached hydrogen (secondary N) is 2. The van der Waals surface area contributed by atoms with Crippen molar-refractivity contribution in [2.45, 2.75) is 32.2 Å². The molecule has 1 aliphatic heterocycles. The highest BCUT2D eigenvalue weighted by Crippen LogP contribution is 2.37. The Bertz CT molecular complexity index is 1280. The van der Waals surface area contributed by atoms with Gasteiger partial charge in [0.15, 0.2) is 0 Å². The van der Waals surface area contributed by atoms with Crippen LogP contribution in [0.5, 0.6) is 0 Å². The minimum absolute atomic E-state index is 0.0257. The highest BCUT2D eigenvalue weighted by atomic mass is 19.1. The van der Waals surface area contributed by atoms with Crippen LogP contribution in [0.4, 0.5) is 10.1 Å². The maximum absolute atomic E-state index is 14.1. The number of hydrogen-bond acceptors (Lipinski definition) is 3. The minimum Gasteiger partial charge on any atom is -0.358 e. The van der Waals surface area contributed by atoms with Gasteiger partial charge in [-0.3, -0.25) is 14.7 Å². The molecule has 5 nitrogen and oxygen atoms in total. The second-order valence-electron chi connectivity index (χ2n) is 8.61. The topological polar surface area (TPSA) is 61.0 Å². The summed E-state index contributed by atoms with van der Waals surface area (Å²) >= 11 is 0. The van der Waals surface area contributed by atoms with Gasteiger partial charge >= 0.3 is 0 Å². The van der Waals surface area contributed by atoms with E-state index in [1.165, 1.54) is 37.0 Å². The van der Waals surface area contributed by atoms with E-state index in [-0.39, 0.29) is 11.6 Å². The maximum atomic E-state index is 14.1. The normalized spacial score (nSPS) is 15.5. The quantitative estimate of drug-likeness (QED) is 0.408. The van der Waals surface area contributed by atoms with Crippen molar-refractivity contribution in [2.24, 2.45) is 0 Å². The van der Waals surface area contributed by atoms with Crippen LogP contribution in [0.1, 0.15) is 52.6 Å². The first-order chi connectivity index (χ1) is 16.1. The maximum Gasteiger partial charge on any atom is 0.258 e. The molecule has 5 rings (SSSR count). The molecule has 2 N–H and O–H groups in total. The Hall–Kier alpha value is -3.51. The highest BCUT2D eigenvalue weighted by molar-refractivity contribution is 6.05. The molecule has 0 aliphatic carbocycles. The SMILES string of the molecule is Cc1[nH]c2ccc(NC(=O)c3ccccc3F)cc2c1[C@H](c1ccccn1)N1CCCCC1. The molecule has 1 atom stereocenters. The number of amides is 1. The molecular weight excluding hydrogens is 415 g/mol. The van der Waals surface area contributed by atoms with E-state index < -0.39 is 11.7 Å². The van der Waals surface area contributed by atoms with Crippen molar-refractivity contribution < 1.29 is 9.18 Å². The van der Waals surface area contributed by atoms with E-state index in [4.69, 9.17) is 4.98 Å². The van der Waals surface area contributed by atoms with E-state index in [0.717, 1.165) is 35.4 Å². The molecule has 6 heteroatoms. The van der Waals surface area contributed by atoms with Crippen molar-refractivity contribution in [3.05, 3.63) is 95.2 Å². The lowest BCUT2D eigenvalue weighted by atomic mass is 9.95. The van der Waals surface area contributed by atoms with Crippen molar-refractivity contribution in [1.82, 2.24) is 14.9 Å². The van der Waals surface area contributed by atoms with Gasteiger partial charge in [0.2, 0.25) is 0 Å². The van der Waals surface area contributed by atoms with Gasteiger partial charge in [0.25, 0.3) is 5.91 Å². The molecule has 0 radical (unpaired) electrons. The molecule has 0 unspecified atom stereocenters. The van der Waals surface area contributed by atoms with Gasteiger partial charge in [0.1, 0.15) is 5.82 Å². The minimum atomic E-state index is -0.533. The first-order valence-corrected chi connectivity index (χ1v) is 11.4. The number of fused-ring (bicyclic) bond motifs is 1. The number of aromatic amines is 1. The summed E-state index contributed by atoms with van der Waals surface area (Å²) in [5.41, 5.74) is 4.95. The number of halogens is 1. The zero-order valence-electron chi connectivity index (χ0n) is 18.6. The molecule has 0 bridgehead atoms. The van der Waals surface area contributed by atoms with Gasteiger partial charge < -0.3 is 10.3 Å². The lowest BCUT2D eigenvalue weighted by Gasteiger charge is -2.34. The number of benzene rings is 2. The van der Waals surface area contributed by atoms with Crippen LogP contribution in [0.25, 0.3) is 10.9 Å². The summed E-state index contributed by atoms with van der Waals surface area (Å²) in [6.07, 6.45) is 5.45. The first-order valence-electron chi connectivity index (χ1n) is 11.4. The van der Waals surface area contributed by atoms with E-state index in [1.807, 2.05) is 36.5 Å². The molecule has 0 saturated carbocycles. The summed E-state index contributed by atoms with van der Waals surface area (Å²) < 4.78 is 14.1. The summed E-state index contributed by atoms with van der Waals surface area (Å²) in [7, 11) is 0. The average Bonchev–Trinajstić information content (AvgIpc) is 3.16. The number of nitrogens with zero attached hydrogens (tertiary/aromatic N) is 2. The average molecular weight is 443 g/mol. The van der Waals surface area contributed by atoms with E-state index in [1.54, 1.807) is 12.1 Å². The first kappa shape index (κ1) is 21.3. The summed E-state index contributed by atoms with van der Waals surface area (Å²) in [6, 6.07) is 17.9. The number of hydrogen-bond donors (Lipinski definition) is 2. The Labute approximate surface area is 192 Å². The third-order valence-electron chi connectivity index (χ3n) is 6.41. The van der Waals surface area contributed by atoms with Gasteiger partial charge in [-0.1, -0.05) is 24.6 Å². The Morgan fingerprint density at radius 2 is 1.85 bits per heavy atom. The molecule has 1 amide bonds.